The molecule has 0 saturated heterocycles. The monoisotopic (exact) mass is 379 g/mol. The number of hydrogen-bond acceptors (Lipinski definition) is 5. The molecule has 1 atom stereocenters. The first-order valence-corrected chi connectivity index (χ1v) is 8.88. The summed E-state index contributed by atoms with van der Waals surface area (Å²) in [4.78, 5) is 17.1. The maximum absolute atomic E-state index is 12.5. The van der Waals surface area contributed by atoms with Crippen LogP contribution in [0.4, 0.5) is 5.82 Å². The van der Waals surface area contributed by atoms with Gasteiger partial charge in [-0.3, -0.25) is 9.36 Å². The number of imidazole rings is 1. The van der Waals surface area contributed by atoms with Crippen molar-refractivity contribution in [1.82, 2.24) is 9.55 Å². The van der Waals surface area contributed by atoms with Crippen LogP contribution in [0.15, 0.2) is 48.8 Å². The van der Waals surface area contributed by atoms with Crippen LogP contribution in [0.1, 0.15) is 23.6 Å². The van der Waals surface area contributed by atoms with Crippen LogP contribution >= 0.6 is 0 Å². The zero-order chi connectivity index (χ0) is 19.7. The summed E-state index contributed by atoms with van der Waals surface area (Å²) in [7, 11) is 4.85. The van der Waals surface area contributed by atoms with Gasteiger partial charge in [-0.1, -0.05) is 6.07 Å². The second kappa shape index (κ2) is 7.26. The molecule has 4 rings (SSSR count). The van der Waals surface area contributed by atoms with E-state index in [-0.39, 0.29) is 18.2 Å². The highest BCUT2D eigenvalue weighted by Gasteiger charge is 2.33. The summed E-state index contributed by atoms with van der Waals surface area (Å²) >= 11 is 0. The third kappa shape index (κ3) is 3.05. The molecule has 7 nitrogen and oxygen atoms in total. The lowest BCUT2D eigenvalue weighted by atomic mass is 9.89. The van der Waals surface area contributed by atoms with Crippen LogP contribution in [0.5, 0.6) is 17.2 Å². The topological polar surface area (TPSA) is 74.6 Å². The first-order chi connectivity index (χ1) is 13.6. The van der Waals surface area contributed by atoms with Gasteiger partial charge < -0.3 is 19.5 Å². The Bertz CT molecular complexity index is 1030. The molecule has 28 heavy (non-hydrogen) atoms. The Morgan fingerprint density at radius 3 is 2.57 bits per heavy atom. The van der Waals surface area contributed by atoms with E-state index in [4.69, 9.17) is 14.2 Å². The van der Waals surface area contributed by atoms with Gasteiger partial charge >= 0.3 is 0 Å². The second-order valence-corrected chi connectivity index (χ2v) is 6.46. The van der Waals surface area contributed by atoms with Crippen LogP contribution in [-0.4, -0.2) is 36.8 Å². The van der Waals surface area contributed by atoms with Crippen molar-refractivity contribution in [2.24, 2.45) is 0 Å². The van der Waals surface area contributed by atoms with Crippen LogP contribution in [0.3, 0.4) is 0 Å². The quantitative estimate of drug-likeness (QED) is 0.736. The Hall–Kier alpha value is -3.48. The highest BCUT2D eigenvalue weighted by molar-refractivity contribution is 5.94. The minimum atomic E-state index is -0.236. The average molecular weight is 379 g/mol. The van der Waals surface area contributed by atoms with Crippen molar-refractivity contribution in [3.63, 3.8) is 0 Å². The molecule has 1 aromatic heterocycles. The molecule has 1 aliphatic rings. The Kier molecular flexibility index (Phi) is 4.65. The number of nitrogens with one attached hydrogen (secondary N) is 1. The Labute approximate surface area is 162 Å². The fourth-order valence-corrected chi connectivity index (χ4v) is 3.53. The van der Waals surface area contributed by atoms with E-state index in [9.17, 15) is 4.79 Å². The van der Waals surface area contributed by atoms with Gasteiger partial charge in [-0.25, -0.2) is 4.98 Å². The number of aromatic nitrogens is 2. The van der Waals surface area contributed by atoms with E-state index in [1.165, 1.54) is 0 Å². The number of carbonyl (C=O) groups is 1. The van der Waals surface area contributed by atoms with E-state index in [0.29, 0.717) is 17.3 Å². The molecule has 144 valence electrons. The van der Waals surface area contributed by atoms with Crippen molar-refractivity contribution in [3.05, 3.63) is 60.0 Å². The Morgan fingerprint density at radius 2 is 1.82 bits per heavy atom. The van der Waals surface area contributed by atoms with Gasteiger partial charge in [0.1, 0.15) is 29.4 Å². The van der Waals surface area contributed by atoms with Crippen LogP contribution in [0, 0.1) is 0 Å². The largest absolute Gasteiger partial charge is 0.497 e. The maximum Gasteiger partial charge on any atom is 0.226 e. The van der Waals surface area contributed by atoms with E-state index >= 15 is 0 Å². The lowest BCUT2D eigenvalue weighted by Gasteiger charge is -2.25. The minimum Gasteiger partial charge on any atom is -0.497 e. The SMILES string of the molecule is COc1cccc(-n2cnc3c2NC(=O)C[C@H]3c2cc(OC)ccc2OC)c1. The predicted molar refractivity (Wildman–Crippen MR) is 105 cm³/mol. The first kappa shape index (κ1) is 17.9. The van der Waals surface area contributed by atoms with Crippen LogP contribution < -0.4 is 19.5 Å². The number of benzene rings is 2. The lowest BCUT2D eigenvalue weighted by Crippen LogP contribution is -2.25. The van der Waals surface area contributed by atoms with E-state index < -0.39 is 0 Å². The molecule has 0 aliphatic carbocycles. The number of ether oxygens (including phenoxy) is 3. The summed E-state index contributed by atoms with van der Waals surface area (Å²) in [6.45, 7) is 0. The molecule has 1 N–H and O–H groups in total. The second-order valence-electron chi connectivity index (χ2n) is 6.46. The highest BCUT2D eigenvalue weighted by Crippen LogP contribution is 2.42. The summed E-state index contributed by atoms with van der Waals surface area (Å²) < 4.78 is 18.1. The molecular formula is C21H21N3O4. The van der Waals surface area contributed by atoms with Crippen LogP contribution in [0.2, 0.25) is 0 Å². The van der Waals surface area contributed by atoms with Gasteiger partial charge in [-0.05, 0) is 30.3 Å². The molecular weight excluding hydrogens is 358 g/mol. The summed E-state index contributed by atoms with van der Waals surface area (Å²) in [5.74, 6) is 2.47. The zero-order valence-electron chi connectivity index (χ0n) is 15.9. The Balaban J connectivity index is 1.83. The predicted octanol–water partition coefficient (Wildman–Crippen LogP) is 3.37. The standard InChI is InChI=1S/C21H21N3O4/c1-26-14-6-4-5-13(9-14)24-12-22-20-17(11-19(25)23-21(20)24)16-10-15(27-2)7-8-18(16)28-3/h4-10,12,17H,11H2,1-3H3,(H,23,25)/t17-/m0/s1. The fraction of sp³-hybridized carbons (Fsp3) is 0.238. The van der Waals surface area contributed by atoms with E-state index in [0.717, 1.165) is 22.7 Å². The molecule has 0 bridgehead atoms. The molecule has 3 aromatic rings. The summed E-state index contributed by atoms with van der Waals surface area (Å²) in [6.07, 6.45) is 2.00. The van der Waals surface area contributed by atoms with Crippen molar-refractivity contribution in [2.75, 3.05) is 26.6 Å². The molecule has 2 aromatic carbocycles. The normalized spacial score (nSPS) is 15.5. The average Bonchev–Trinajstić information content (AvgIpc) is 3.16. The number of hydrogen-bond donors (Lipinski definition) is 1. The molecule has 0 saturated carbocycles. The molecule has 1 amide bonds. The van der Waals surface area contributed by atoms with Gasteiger partial charge in [0.25, 0.3) is 0 Å². The Morgan fingerprint density at radius 1 is 1.04 bits per heavy atom. The third-order valence-corrected chi connectivity index (χ3v) is 4.92. The number of nitrogens with zero attached hydrogens (tertiary/aromatic N) is 2. The smallest absolute Gasteiger partial charge is 0.226 e. The summed E-state index contributed by atoms with van der Waals surface area (Å²) in [6, 6.07) is 13.2. The fourth-order valence-electron chi connectivity index (χ4n) is 3.53. The summed E-state index contributed by atoms with van der Waals surface area (Å²) in [5.41, 5.74) is 2.51. The van der Waals surface area contributed by atoms with Crippen molar-refractivity contribution >= 4 is 11.7 Å². The van der Waals surface area contributed by atoms with Gasteiger partial charge in [0.15, 0.2) is 0 Å². The lowest BCUT2D eigenvalue weighted by molar-refractivity contribution is -0.116. The van der Waals surface area contributed by atoms with Crippen molar-refractivity contribution in [1.29, 1.82) is 0 Å². The first-order valence-electron chi connectivity index (χ1n) is 8.88. The van der Waals surface area contributed by atoms with E-state index in [2.05, 4.69) is 10.3 Å². The van der Waals surface area contributed by atoms with Crippen LogP contribution in [-0.2, 0) is 4.79 Å². The molecule has 7 heteroatoms. The van der Waals surface area contributed by atoms with Gasteiger partial charge in [0.2, 0.25) is 5.91 Å². The third-order valence-electron chi connectivity index (χ3n) is 4.92. The maximum atomic E-state index is 12.5. The number of anilines is 1. The van der Waals surface area contributed by atoms with Gasteiger partial charge in [0, 0.05) is 24.0 Å². The van der Waals surface area contributed by atoms with Crippen molar-refractivity contribution in [3.8, 4) is 22.9 Å². The van der Waals surface area contributed by atoms with Gasteiger partial charge in [0.05, 0.1) is 32.7 Å². The molecule has 0 unspecified atom stereocenters. The van der Waals surface area contributed by atoms with Crippen molar-refractivity contribution in [2.45, 2.75) is 12.3 Å². The zero-order valence-corrected chi connectivity index (χ0v) is 15.9. The van der Waals surface area contributed by atoms with Gasteiger partial charge in [-0.2, -0.15) is 0 Å². The number of methoxy groups -OCH3 is 3. The molecule has 0 fully saturated rings. The summed E-state index contributed by atoms with van der Waals surface area (Å²) in [5, 5.41) is 2.96. The highest BCUT2D eigenvalue weighted by atomic mass is 16.5. The van der Waals surface area contributed by atoms with Crippen LogP contribution in [0.25, 0.3) is 5.69 Å². The molecule has 0 spiro atoms. The van der Waals surface area contributed by atoms with E-state index in [1.54, 1.807) is 27.7 Å². The molecule has 2 heterocycles. The molecule has 0 radical (unpaired) electrons. The van der Waals surface area contributed by atoms with Gasteiger partial charge in [-0.15, -0.1) is 0 Å². The molecule has 1 aliphatic heterocycles. The minimum absolute atomic E-state index is 0.0768. The number of fused-ring (bicyclic) bond motifs is 1. The number of amides is 1. The number of rotatable bonds is 5. The number of carbonyl (C=O) groups excluding carboxylic acids is 1. The van der Waals surface area contributed by atoms with Crippen molar-refractivity contribution < 1.29 is 19.0 Å². The van der Waals surface area contributed by atoms with E-state index in [1.807, 2.05) is 47.0 Å².